The average molecular weight is 200 g/mol. The second-order valence-corrected chi connectivity index (χ2v) is 6.84. The van der Waals surface area contributed by atoms with E-state index in [1.807, 2.05) is 0 Å². The largest absolute Gasteiger partial charge is 0.180 e. The third kappa shape index (κ3) is 1.63. The highest BCUT2D eigenvalue weighted by Crippen LogP contribution is 2.56. The van der Waals surface area contributed by atoms with Gasteiger partial charge in [0.15, 0.2) is 0 Å². The Morgan fingerprint density at radius 3 is 1.62 bits per heavy atom. The molecule has 0 aliphatic carbocycles. The van der Waals surface area contributed by atoms with Crippen molar-refractivity contribution in [3.63, 3.8) is 0 Å². The summed E-state index contributed by atoms with van der Waals surface area (Å²) in [6, 6.07) is 0. The Kier molecular flexibility index (Phi) is 2.52. The van der Waals surface area contributed by atoms with Crippen molar-refractivity contribution in [2.24, 2.45) is 20.5 Å². The molecule has 76 valence electrons. The molecule has 1 aliphatic rings. The molecule has 3 heteroatoms. The van der Waals surface area contributed by atoms with E-state index in [4.69, 9.17) is 0 Å². The Labute approximate surface area is 85.7 Å². The summed E-state index contributed by atoms with van der Waals surface area (Å²) in [6.07, 6.45) is 0. The zero-order valence-corrected chi connectivity index (χ0v) is 10.3. The topological polar surface area (TPSA) is 24.7 Å². The van der Waals surface area contributed by atoms with Crippen molar-refractivity contribution in [1.29, 1.82) is 0 Å². The maximum absolute atomic E-state index is 4.16. The molecule has 0 atom stereocenters. The van der Waals surface area contributed by atoms with Gasteiger partial charge < -0.3 is 0 Å². The Balaban J connectivity index is 3.04. The van der Waals surface area contributed by atoms with Crippen molar-refractivity contribution in [1.82, 2.24) is 0 Å². The maximum Gasteiger partial charge on any atom is 0.0785 e. The van der Waals surface area contributed by atoms with Crippen LogP contribution in [0.15, 0.2) is 9.63 Å². The molecule has 1 heterocycles. The van der Waals surface area contributed by atoms with E-state index in [-0.39, 0.29) is 15.6 Å². The summed E-state index contributed by atoms with van der Waals surface area (Å²) < 4.78 is 4.26. The lowest BCUT2D eigenvalue weighted by molar-refractivity contribution is 0.152. The monoisotopic (exact) mass is 200 g/mol. The van der Waals surface area contributed by atoms with Gasteiger partial charge in [-0.1, -0.05) is 41.5 Å². The van der Waals surface area contributed by atoms with Crippen LogP contribution in [0.4, 0.5) is 0 Å². The van der Waals surface area contributed by atoms with Gasteiger partial charge in [0, 0.05) is 11.9 Å². The van der Waals surface area contributed by atoms with Gasteiger partial charge in [0.2, 0.25) is 0 Å². The highest BCUT2D eigenvalue weighted by Gasteiger charge is 2.53. The Bertz CT molecular complexity index is 196. The Hall–Kier alpha value is -0.0500. The molecule has 0 aromatic carbocycles. The quantitative estimate of drug-likeness (QED) is 0.544. The van der Waals surface area contributed by atoms with Gasteiger partial charge in [-0.25, -0.2) is 0 Å². The smallest absolute Gasteiger partial charge is 0.0785 e. The molecule has 1 rings (SSSR count). The molecule has 1 aliphatic heterocycles. The van der Waals surface area contributed by atoms with Crippen LogP contribution in [0.25, 0.3) is 0 Å². The minimum absolute atomic E-state index is 0.153. The fourth-order valence-electron chi connectivity index (χ4n) is 2.13. The molecule has 0 bridgehead atoms. The molecular weight excluding hydrogens is 180 g/mol. The van der Waals surface area contributed by atoms with Crippen molar-refractivity contribution in [2.45, 2.75) is 46.3 Å². The van der Waals surface area contributed by atoms with Gasteiger partial charge in [-0.15, -0.1) is 4.52 Å². The molecular formula is C10H20N2S. The van der Waals surface area contributed by atoms with Crippen molar-refractivity contribution in [3.8, 4) is 0 Å². The van der Waals surface area contributed by atoms with Crippen LogP contribution < -0.4 is 0 Å². The molecule has 0 unspecified atom stereocenters. The first-order valence-corrected chi connectivity index (χ1v) is 5.53. The van der Waals surface area contributed by atoms with Crippen molar-refractivity contribution in [2.75, 3.05) is 6.54 Å². The summed E-state index contributed by atoms with van der Waals surface area (Å²) in [4.78, 5) is 0. The molecule has 0 fully saturated rings. The van der Waals surface area contributed by atoms with Crippen LogP contribution in [0, 0.1) is 10.8 Å². The molecule has 0 aromatic rings. The predicted molar refractivity (Wildman–Crippen MR) is 59.0 cm³/mol. The lowest BCUT2D eigenvalue weighted by Crippen LogP contribution is -2.51. The Morgan fingerprint density at radius 1 is 1.00 bits per heavy atom. The van der Waals surface area contributed by atoms with Gasteiger partial charge >= 0.3 is 0 Å². The summed E-state index contributed by atoms with van der Waals surface area (Å²) >= 11 is 1.66. The number of hydrogen-bond acceptors (Lipinski definition) is 3. The second-order valence-electron chi connectivity index (χ2n) is 5.80. The fourth-order valence-corrected chi connectivity index (χ4v) is 3.05. The van der Waals surface area contributed by atoms with Crippen molar-refractivity contribution in [3.05, 3.63) is 0 Å². The van der Waals surface area contributed by atoms with Crippen LogP contribution in [0.2, 0.25) is 0 Å². The number of nitrogens with zero attached hydrogens (tertiary/aromatic N) is 2. The summed E-state index contributed by atoms with van der Waals surface area (Å²) in [5.74, 6) is 0. The maximum atomic E-state index is 4.16. The van der Waals surface area contributed by atoms with Crippen LogP contribution in [0.1, 0.15) is 41.5 Å². The van der Waals surface area contributed by atoms with E-state index in [2.05, 4.69) is 51.2 Å². The summed E-state index contributed by atoms with van der Waals surface area (Å²) in [5.41, 5.74) is 0.471. The van der Waals surface area contributed by atoms with E-state index in [1.165, 1.54) is 0 Å². The van der Waals surface area contributed by atoms with Gasteiger partial charge in [-0.3, -0.25) is 0 Å². The molecule has 0 spiro atoms. The third-order valence-corrected chi connectivity index (χ3v) is 4.83. The molecule has 0 saturated carbocycles. The number of hydrogen-bond donors (Lipinski definition) is 0. The molecule has 13 heavy (non-hydrogen) atoms. The van der Waals surface area contributed by atoms with Crippen LogP contribution in [-0.4, -0.2) is 11.3 Å². The zero-order chi connectivity index (χ0) is 10.3. The first-order chi connectivity index (χ1) is 5.71. The highest BCUT2D eigenvalue weighted by molar-refractivity contribution is 7.99. The summed E-state index contributed by atoms with van der Waals surface area (Å²) in [6.45, 7) is 14.5. The Morgan fingerprint density at radius 2 is 1.46 bits per heavy atom. The standard InChI is InChI=1S/C10H20N2S/c1-8(2,3)10(9(4,5)6)7-11-12-13-10/h7H2,1-6H3. The first-order valence-electron chi connectivity index (χ1n) is 4.76. The van der Waals surface area contributed by atoms with Crippen LogP contribution >= 0.6 is 11.9 Å². The molecule has 0 amide bonds. The van der Waals surface area contributed by atoms with Gasteiger partial charge in [0.05, 0.1) is 11.3 Å². The van der Waals surface area contributed by atoms with Crippen LogP contribution in [0.5, 0.6) is 0 Å². The van der Waals surface area contributed by atoms with E-state index < -0.39 is 0 Å². The van der Waals surface area contributed by atoms with Crippen molar-refractivity contribution < 1.29 is 0 Å². The number of rotatable bonds is 0. The van der Waals surface area contributed by atoms with E-state index in [9.17, 15) is 0 Å². The van der Waals surface area contributed by atoms with Crippen LogP contribution in [0.3, 0.4) is 0 Å². The molecule has 2 nitrogen and oxygen atoms in total. The van der Waals surface area contributed by atoms with Crippen LogP contribution in [-0.2, 0) is 0 Å². The lowest BCUT2D eigenvalue weighted by Gasteiger charge is -2.48. The van der Waals surface area contributed by atoms with Gasteiger partial charge in [0.25, 0.3) is 0 Å². The zero-order valence-electron chi connectivity index (χ0n) is 9.51. The van der Waals surface area contributed by atoms with Gasteiger partial charge in [0.1, 0.15) is 0 Å². The van der Waals surface area contributed by atoms with Gasteiger partial charge in [-0.05, 0) is 10.8 Å². The minimum Gasteiger partial charge on any atom is -0.180 e. The SMILES string of the molecule is CC(C)(C)C1(C(C)(C)C)CN=NS1. The summed E-state index contributed by atoms with van der Waals surface area (Å²) in [7, 11) is 0. The molecule has 0 saturated heterocycles. The third-order valence-electron chi connectivity index (χ3n) is 2.97. The fraction of sp³-hybridized carbons (Fsp3) is 1.00. The average Bonchev–Trinajstić information content (AvgIpc) is 2.28. The molecule has 0 radical (unpaired) electrons. The normalized spacial score (nSPS) is 22.3. The lowest BCUT2D eigenvalue weighted by atomic mass is 9.65. The predicted octanol–water partition coefficient (Wildman–Crippen LogP) is 3.93. The van der Waals surface area contributed by atoms with Crippen molar-refractivity contribution >= 4 is 11.9 Å². The molecule has 0 aromatic heterocycles. The van der Waals surface area contributed by atoms with E-state index in [0.717, 1.165) is 6.54 Å². The van der Waals surface area contributed by atoms with E-state index >= 15 is 0 Å². The molecule has 0 N–H and O–H groups in total. The second kappa shape index (κ2) is 2.97. The minimum atomic E-state index is 0.153. The summed E-state index contributed by atoms with van der Waals surface area (Å²) in [5, 5.41) is 4.16. The van der Waals surface area contributed by atoms with Gasteiger partial charge in [-0.2, -0.15) is 5.11 Å². The van der Waals surface area contributed by atoms with E-state index in [0.29, 0.717) is 0 Å². The first kappa shape index (κ1) is 11.0. The van der Waals surface area contributed by atoms with E-state index in [1.54, 1.807) is 11.9 Å². The highest BCUT2D eigenvalue weighted by atomic mass is 32.2.